The Hall–Kier alpha value is -4.88. The lowest BCUT2D eigenvalue weighted by atomic mass is 10.0. The fourth-order valence-corrected chi connectivity index (χ4v) is 4.75. The lowest BCUT2D eigenvalue weighted by molar-refractivity contribution is 0.307. The highest BCUT2D eigenvalue weighted by atomic mass is 32.1. The number of imidazole rings is 1. The predicted octanol–water partition coefficient (Wildman–Crippen LogP) is 5.73. The molecule has 9 nitrogen and oxygen atoms in total. The number of nitrogens with zero attached hydrogens (tertiary/aromatic N) is 5. The average molecular weight is 510 g/mol. The topological polar surface area (TPSA) is 108 Å². The summed E-state index contributed by atoms with van der Waals surface area (Å²) in [5, 5.41) is 15.1. The average Bonchev–Trinajstić information content (AvgIpc) is 3.64. The van der Waals surface area contributed by atoms with Gasteiger partial charge in [0.15, 0.2) is 5.76 Å². The number of hydrogen-bond acceptors (Lipinski definition) is 9. The normalized spacial score (nSPS) is 11.1. The van der Waals surface area contributed by atoms with Gasteiger partial charge in [-0.25, -0.2) is 14.5 Å². The minimum atomic E-state index is 0.308. The molecule has 4 heterocycles. The van der Waals surface area contributed by atoms with Crippen molar-refractivity contribution in [1.29, 1.82) is 5.26 Å². The first-order chi connectivity index (χ1) is 18.1. The van der Waals surface area contributed by atoms with Gasteiger partial charge in [0.2, 0.25) is 4.96 Å². The van der Waals surface area contributed by atoms with E-state index in [-0.39, 0.29) is 0 Å². The number of ether oxygens (including phenoxy) is 3. The van der Waals surface area contributed by atoms with Gasteiger partial charge in [-0.2, -0.15) is 5.26 Å². The zero-order valence-corrected chi connectivity index (χ0v) is 20.7. The maximum absolute atomic E-state index is 9.42. The Balaban J connectivity index is 1.31. The van der Waals surface area contributed by atoms with Gasteiger partial charge >= 0.3 is 0 Å². The summed E-state index contributed by atoms with van der Waals surface area (Å²) >= 11 is 1.35. The molecule has 4 aromatic heterocycles. The predicted molar refractivity (Wildman–Crippen MR) is 138 cm³/mol. The molecule has 0 spiro atoms. The van der Waals surface area contributed by atoms with Gasteiger partial charge < -0.3 is 18.6 Å². The molecule has 0 radical (unpaired) electrons. The van der Waals surface area contributed by atoms with E-state index >= 15 is 0 Å². The van der Waals surface area contributed by atoms with Crippen molar-refractivity contribution in [3.63, 3.8) is 0 Å². The molecule has 37 heavy (non-hydrogen) atoms. The van der Waals surface area contributed by atoms with Gasteiger partial charge in [0, 0.05) is 23.9 Å². The standard InChI is InChI=1S/C27H19N5O4S/c1-33-18-10-23(35-15-16-5-3-6-17(9-16)19-7-4-8-29-21(19)13-28)20-12-25(36-24(20)11-18)22-14-32-26(30-22)37-27(31-32)34-2/h3-12,14H,15H2,1-2H3. The van der Waals surface area contributed by atoms with Crippen molar-refractivity contribution in [2.24, 2.45) is 0 Å². The fourth-order valence-electron chi connectivity index (χ4n) is 4.05. The summed E-state index contributed by atoms with van der Waals surface area (Å²) in [6.07, 6.45) is 3.41. The van der Waals surface area contributed by atoms with Crippen LogP contribution in [-0.4, -0.2) is 33.8 Å². The number of hydrogen-bond donors (Lipinski definition) is 0. The van der Waals surface area contributed by atoms with Crippen molar-refractivity contribution < 1.29 is 18.6 Å². The first-order valence-electron chi connectivity index (χ1n) is 11.2. The smallest absolute Gasteiger partial charge is 0.294 e. The number of benzene rings is 2. The van der Waals surface area contributed by atoms with E-state index in [1.54, 1.807) is 31.1 Å². The van der Waals surface area contributed by atoms with Crippen LogP contribution in [0.25, 0.3) is 38.5 Å². The summed E-state index contributed by atoms with van der Waals surface area (Å²) < 4.78 is 24.7. The number of fused-ring (bicyclic) bond motifs is 2. The Morgan fingerprint density at radius 1 is 1.08 bits per heavy atom. The first kappa shape index (κ1) is 22.6. The first-order valence-corrected chi connectivity index (χ1v) is 12.1. The van der Waals surface area contributed by atoms with Crippen LogP contribution in [0.1, 0.15) is 11.3 Å². The van der Waals surface area contributed by atoms with Crippen LogP contribution in [0.3, 0.4) is 0 Å². The number of rotatable bonds is 7. The summed E-state index contributed by atoms with van der Waals surface area (Å²) in [5.41, 5.74) is 4.28. The van der Waals surface area contributed by atoms with Crippen LogP contribution in [0.2, 0.25) is 0 Å². The second-order valence-corrected chi connectivity index (χ2v) is 8.99. The van der Waals surface area contributed by atoms with E-state index < -0.39 is 0 Å². The molecule has 2 aromatic carbocycles. The van der Waals surface area contributed by atoms with Gasteiger partial charge in [0.25, 0.3) is 5.19 Å². The molecular formula is C27H19N5O4S. The molecule has 0 fully saturated rings. The summed E-state index contributed by atoms with van der Waals surface area (Å²) in [5.74, 6) is 1.82. The van der Waals surface area contributed by atoms with Crippen LogP contribution in [0.4, 0.5) is 0 Å². The molecule has 0 atom stereocenters. The molecule has 6 aromatic rings. The van der Waals surface area contributed by atoms with Crippen molar-refractivity contribution in [2.45, 2.75) is 6.61 Å². The monoisotopic (exact) mass is 509 g/mol. The SMILES string of the molecule is COc1cc(OCc2cccc(-c3cccnc3C#N)c2)c2cc(-c3cn4nc(OC)sc4n3)oc2c1. The molecule has 0 bridgehead atoms. The maximum atomic E-state index is 9.42. The second kappa shape index (κ2) is 9.29. The van der Waals surface area contributed by atoms with E-state index in [0.717, 1.165) is 22.1 Å². The molecule has 0 N–H and O–H groups in total. The van der Waals surface area contributed by atoms with E-state index in [1.165, 1.54) is 11.3 Å². The van der Waals surface area contributed by atoms with E-state index in [0.29, 0.717) is 51.0 Å². The zero-order valence-electron chi connectivity index (χ0n) is 19.8. The van der Waals surface area contributed by atoms with Crippen LogP contribution in [0, 0.1) is 11.3 Å². The van der Waals surface area contributed by atoms with Crippen LogP contribution >= 0.6 is 11.3 Å². The lowest BCUT2D eigenvalue weighted by Gasteiger charge is -2.10. The van der Waals surface area contributed by atoms with Crippen molar-refractivity contribution in [2.75, 3.05) is 14.2 Å². The number of furan rings is 1. The lowest BCUT2D eigenvalue weighted by Crippen LogP contribution is -1.97. The van der Waals surface area contributed by atoms with Crippen molar-refractivity contribution in [3.8, 4) is 45.3 Å². The van der Waals surface area contributed by atoms with Gasteiger partial charge in [0.1, 0.15) is 41.1 Å². The molecule has 0 aliphatic carbocycles. The molecule has 0 amide bonds. The number of methoxy groups -OCH3 is 2. The minimum absolute atomic E-state index is 0.308. The quantitative estimate of drug-likeness (QED) is 0.268. The van der Waals surface area contributed by atoms with E-state index in [2.05, 4.69) is 21.1 Å². The Morgan fingerprint density at radius 3 is 2.81 bits per heavy atom. The van der Waals surface area contributed by atoms with Crippen LogP contribution < -0.4 is 14.2 Å². The summed E-state index contributed by atoms with van der Waals surface area (Å²) in [6.45, 7) is 0.308. The van der Waals surface area contributed by atoms with Gasteiger partial charge in [0.05, 0.1) is 25.8 Å². The Bertz CT molecular complexity index is 1760. The van der Waals surface area contributed by atoms with E-state index in [9.17, 15) is 5.26 Å². The van der Waals surface area contributed by atoms with Gasteiger partial charge in [-0.1, -0.05) is 18.2 Å². The fraction of sp³-hybridized carbons (Fsp3) is 0.111. The third kappa shape index (κ3) is 4.22. The largest absolute Gasteiger partial charge is 0.496 e. The second-order valence-electron chi connectivity index (χ2n) is 8.07. The third-order valence-corrected chi connectivity index (χ3v) is 6.69. The van der Waals surface area contributed by atoms with Crippen LogP contribution in [-0.2, 0) is 6.61 Å². The van der Waals surface area contributed by atoms with E-state index in [1.807, 2.05) is 54.6 Å². The number of pyridine rings is 1. The highest BCUT2D eigenvalue weighted by Crippen LogP contribution is 2.37. The summed E-state index contributed by atoms with van der Waals surface area (Å²) in [6, 6.07) is 19.3. The summed E-state index contributed by atoms with van der Waals surface area (Å²) in [7, 11) is 3.17. The highest BCUT2D eigenvalue weighted by molar-refractivity contribution is 7.18. The van der Waals surface area contributed by atoms with Gasteiger partial charge in [-0.05, 0) is 46.7 Å². The van der Waals surface area contributed by atoms with Crippen LogP contribution in [0.5, 0.6) is 16.7 Å². The molecule has 10 heteroatoms. The third-order valence-electron chi connectivity index (χ3n) is 5.81. The number of nitriles is 1. The molecule has 0 aliphatic heterocycles. The van der Waals surface area contributed by atoms with Crippen molar-refractivity contribution in [3.05, 3.63) is 78.2 Å². The minimum Gasteiger partial charge on any atom is -0.496 e. The Morgan fingerprint density at radius 2 is 2.00 bits per heavy atom. The molecule has 0 saturated carbocycles. The number of aromatic nitrogens is 4. The molecule has 182 valence electrons. The van der Waals surface area contributed by atoms with Gasteiger partial charge in [-0.3, -0.25) is 0 Å². The van der Waals surface area contributed by atoms with E-state index in [4.69, 9.17) is 18.6 Å². The molecule has 0 saturated heterocycles. The molecular weight excluding hydrogens is 490 g/mol. The highest BCUT2D eigenvalue weighted by Gasteiger charge is 2.17. The zero-order chi connectivity index (χ0) is 25.4. The van der Waals surface area contributed by atoms with Crippen molar-refractivity contribution in [1.82, 2.24) is 19.6 Å². The molecule has 6 rings (SSSR count). The van der Waals surface area contributed by atoms with Gasteiger partial charge in [-0.15, -0.1) is 5.10 Å². The molecule has 0 aliphatic rings. The Kier molecular flexibility index (Phi) is 5.67. The summed E-state index contributed by atoms with van der Waals surface area (Å²) in [4.78, 5) is 9.48. The molecule has 0 unspecified atom stereocenters. The maximum Gasteiger partial charge on any atom is 0.294 e. The Labute approximate surface area is 215 Å². The van der Waals surface area contributed by atoms with Crippen LogP contribution in [0.15, 0.2) is 71.4 Å². The van der Waals surface area contributed by atoms with Crippen molar-refractivity contribution >= 4 is 27.3 Å².